The standard InChI is InChI=1S/C7H6O2.C6H8O7.CH2O3.BHO3.ClH.6Na.2H2O/c8-7(9)6-4-2-1-3-5-6;7-3(8)1-6(13,5(11)12)2-4(9)10;2*2-1(3)4;;;;;;;;;/h1-5H,(H,8,9);13H,1-2H2,(H,7,8)(H,9,10)(H,11,12);(H2,2,3,4);2H;1H;;;;;;;2*1H2/q;;;-2;;6*+1;;/p-4. The third kappa shape index (κ3) is 64.5. The van der Waals surface area contributed by atoms with Gasteiger partial charge in [0.15, 0.2) is 0 Å². The number of carboxylic acid groups (broad SMARTS) is 6. The predicted molar refractivity (Wildman–Crippen MR) is 88.5 cm³/mol. The van der Waals surface area contributed by atoms with Gasteiger partial charge < -0.3 is 88.6 Å². The summed E-state index contributed by atoms with van der Waals surface area (Å²) in [7, 11) is -2.67. The van der Waals surface area contributed by atoms with Crippen LogP contribution in [0.4, 0.5) is 4.79 Å². The summed E-state index contributed by atoms with van der Waals surface area (Å²) in [6.45, 7) is 0. The number of hydrogen-bond acceptors (Lipinski definition) is 12. The van der Waals surface area contributed by atoms with E-state index < -0.39 is 55.8 Å². The molecule has 1 rings (SSSR count). The van der Waals surface area contributed by atoms with E-state index in [4.69, 9.17) is 40.3 Å². The van der Waals surface area contributed by atoms with E-state index in [1.165, 1.54) is 0 Å². The molecule has 0 aromatic heterocycles. The number of aromatic carboxylic acids is 1. The number of aliphatic carboxylic acids is 3. The minimum atomic E-state index is -2.97. The van der Waals surface area contributed by atoms with Gasteiger partial charge in [0.1, 0.15) is 5.60 Å². The average molecular weight is 642 g/mol. The zero-order valence-corrected chi connectivity index (χ0v) is 34.8. The smallest absolute Gasteiger partial charge is 1.00 e. The monoisotopic (exact) mass is 642 g/mol. The second-order valence-electron chi connectivity index (χ2n) is 4.68. The molecule has 0 fully saturated rings. The maximum atomic E-state index is 10.2. The van der Waals surface area contributed by atoms with Gasteiger partial charge in [-0.05, 0) is 12.1 Å². The van der Waals surface area contributed by atoms with Crippen molar-refractivity contribution in [3.05, 3.63) is 35.9 Å². The van der Waals surface area contributed by atoms with Gasteiger partial charge in [-0.1, -0.05) is 18.2 Å². The molecule has 0 aliphatic heterocycles. The summed E-state index contributed by atoms with van der Waals surface area (Å²) < 4.78 is 0. The molecule has 1 aromatic rings. The van der Waals surface area contributed by atoms with Crippen LogP contribution in [0.3, 0.4) is 0 Å². The Hall–Kier alpha value is 2.48. The fourth-order valence-corrected chi connectivity index (χ4v) is 1.27. The minimum absolute atomic E-state index is 0. The Morgan fingerprint density at radius 1 is 0.718 bits per heavy atom. The summed E-state index contributed by atoms with van der Waals surface area (Å²) in [4.78, 5) is 48.8. The van der Waals surface area contributed by atoms with Crippen molar-refractivity contribution in [2.45, 2.75) is 18.4 Å². The zero-order chi connectivity index (χ0) is 24.5. The van der Waals surface area contributed by atoms with Crippen molar-refractivity contribution in [2.24, 2.45) is 0 Å². The third-order valence-electron chi connectivity index (χ3n) is 2.27. The summed E-state index contributed by atoms with van der Waals surface area (Å²) >= 11 is 0. The van der Waals surface area contributed by atoms with Crippen molar-refractivity contribution in [2.75, 3.05) is 0 Å². The number of rotatable bonds is 6. The van der Waals surface area contributed by atoms with Gasteiger partial charge in [0.2, 0.25) is 0 Å². The Morgan fingerprint density at radius 3 is 1.08 bits per heavy atom. The second kappa shape index (κ2) is 47.4. The molecule has 0 aliphatic carbocycles. The molecule has 1 aromatic carbocycles. The Morgan fingerprint density at radius 2 is 0.949 bits per heavy atom. The van der Waals surface area contributed by atoms with Crippen LogP contribution in [0.2, 0.25) is 0 Å². The first-order valence-electron chi connectivity index (χ1n) is 7.08. The molecule has 39 heavy (non-hydrogen) atoms. The van der Waals surface area contributed by atoms with Crippen LogP contribution in [-0.4, -0.2) is 79.4 Å². The molecule has 0 amide bonds. The number of aliphatic hydroxyl groups is 1. The third-order valence-corrected chi connectivity index (χ3v) is 2.27. The van der Waals surface area contributed by atoms with Gasteiger partial charge in [-0.2, -0.15) is 0 Å². The largest absolute Gasteiger partial charge is 1.00 e. The predicted octanol–water partition coefficient (Wildman–Crippen LogP) is -29.6. The van der Waals surface area contributed by atoms with Crippen LogP contribution in [0.25, 0.3) is 0 Å². The van der Waals surface area contributed by atoms with E-state index in [2.05, 4.69) is 0 Å². The van der Waals surface area contributed by atoms with Crippen LogP contribution in [0.5, 0.6) is 0 Å². The van der Waals surface area contributed by atoms with Gasteiger partial charge in [-0.25, -0.2) is 9.59 Å². The fourth-order valence-electron chi connectivity index (χ4n) is 1.27. The van der Waals surface area contributed by atoms with E-state index in [0.29, 0.717) is 5.56 Å². The van der Waals surface area contributed by atoms with E-state index in [-0.39, 0.29) is 201 Å². The number of carbonyl (C=O) groups excluding carboxylic acids is 3. The Bertz CT molecular complexity index is 698. The van der Waals surface area contributed by atoms with E-state index in [9.17, 15) is 34.5 Å². The first-order chi connectivity index (χ1) is 13.5. The molecule has 17 nitrogen and oxygen atoms in total. The Labute approximate surface area is 361 Å². The fraction of sp³-hybridized carbons (Fsp3) is 0.214. The van der Waals surface area contributed by atoms with Gasteiger partial charge in [0, 0.05) is 24.8 Å². The number of carboxylic acids is 4. The summed E-state index contributed by atoms with van der Waals surface area (Å²) in [5.74, 6) is -6.86. The molecule has 0 unspecified atom stereocenters. The SMILES string of the molecule is O.O.O=C(O)O.O=C(O)c1ccccc1.O=C([O-])CC(O)(CC(=O)[O-])C(=O)[O-].[Cl-].[Na+].[Na+].[Na+].[Na+].[Na+].[Na+].[O-]B([O-])O. The molecule has 0 saturated heterocycles. The number of carbonyl (C=O) groups is 5. The van der Waals surface area contributed by atoms with Crippen LogP contribution >= 0.6 is 0 Å². The molecule has 0 aliphatic rings. The summed E-state index contributed by atoms with van der Waals surface area (Å²) in [5.41, 5.74) is -2.64. The Balaban J connectivity index is -0.0000000252. The molecule has 9 N–H and O–H groups in total. The summed E-state index contributed by atoms with van der Waals surface area (Å²) in [5, 5.41) is 85.3. The molecule has 0 saturated carbocycles. The maximum absolute atomic E-state index is 10.2. The Kier molecular flexibility index (Phi) is 95.1. The molecule has 0 radical (unpaired) electrons. The van der Waals surface area contributed by atoms with E-state index in [1.54, 1.807) is 30.3 Å². The van der Waals surface area contributed by atoms with Gasteiger partial charge in [0.05, 0.1) is 18.9 Å². The molecule has 0 atom stereocenters. The van der Waals surface area contributed by atoms with Crippen LogP contribution in [-0.2, 0) is 14.4 Å². The van der Waals surface area contributed by atoms with Crippen molar-refractivity contribution in [1.82, 2.24) is 0 Å². The van der Waals surface area contributed by atoms with Crippen LogP contribution in [0, 0.1) is 0 Å². The van der Waals surface area contributed by atoms with E-state index in [0.717, 1.165) is 0 Å². The molecule has 0 heterocycles. The van der Waals surface area contributed by atoms with E-state index >= 15 is 0 Å². The van der Waals surface area contributed by atoms with Crippen molar-refractivity contribution in [3.63, 3.8) is 0 Å². The second-order valence-corrected chi connectivity index (χ2v) is 4.68. The quantitative estimate of drug-likeness (QED) is 0.180. The molecular formula is C14H18BClNa6O17. The van der Waals surface area contributed by atoms with Crippen molar-refractivity contribution in [1.29, 1.82) is 0 Å². The first-order valence-corrected chi connectivity index (χ1v) is 7.08. The first kappa shape index (κ1) is 78.2. The zero-order valence-electron chi connectivity index (χ0n) is 22.1. The van der Waals surface area contributed by atoms with Crippen LogP contribution in [0.1, 0.15) is 23.2 Å². The van der Waals surface area contributed by atoms with Crippen LogP contribution < -0.4 is 215 Å². The minimum Gasteiger partial charge on any atom is -1.00 e. The van der Waals surface area contributed by atoms with E-state index in [1.807, 2.05) is 0 Å². The molecule has 25 heteroatoms. The van der Waals surface area contributed by atoms with Crippen LogP contribution in [0.15, 0.2) is 30.3 Å². The van der Waals surface area contributed by atoms with Crippen molar-refractivity contribution < 1.29 is 275 Å². The van der Waals surface area contributed by atoms with Gasteiger partial charge in [-0.15, -0.1) is 0 Å². The topological polar surface area (TPSA) is 365 Å². The molecular weight excluding hydrogens is 624 g/mol. The van der Waals surface area contributed by atoms with Gasteiger partial charge >= 0.3 is 189 Å². The maximum Gasteiger partial charge on any atom is 1.00 e. The normalized spacial score (nSPS) is 6.97. The summed E-state index contributed by atoms with van der Waals surface area (Å²) in [6, 6.07) is 8.30. The average Bonchev–Trinajstić information content (AvgIpc) is 2.53. The van der Waals surface area contributed by atoms with Gasteiger partial charge in [-0.3, -0.25) is 0 Å². The molecule has 0 spiro atoms. The van der Waals surface area contributed by atoms with Crippen molar-refractivity contribution in [3.8, 4) is 0 Å². The number of hydrogen-bond donors (Lipinski definition) is 5. The molecule has 192 valence electrons. The van der Waals surface area contributed by atoms with Gasteiger partial charge in [0.25, 0.3) is 0 Å². The number of halogens is 1. The molecule has 0 bridgehead atoms. The van der Waals surface area contributed by atoms with Crippen molar-refractivity contribution >= 4 is 37.4 Å². The summed E-state index contributed by atoms with van der Waals surface area (Å²) in [6.07, 6.45) is -4.55. The number of benzene rings is 1.